The van der Waals surface area contributed by atoms with Crippen molar-refractivity contribution < 1.29 is 0 Å². The van der Waals surface area contributed by atoms with Gasteiger partial charge in [-0.05, 0) is 56.4 Å². The number of fused-ring (bicyclic) bond motifs is 3. The number of benzene rings is 2. The first-order valence-corrected chi connectivity index (χ1v) is 15.6. The lowest BCUT2D eigenvalue weighted by Crippen LogP contribution is -2.24. The predicted molar refractivity (Wildman–Crippen MR) is 140 cm³/mol. The van der Waals surface area contributed by atoms with Crippen LogP contribution in [-0.4, -0.2) is 18.4 Å². The van der Waals surface area contributed by atoms with E-state index in [-0.39, 0.29) is 0 Å². The van der Waals surface area contributed by atoms with Crippen LogP contribution in [0, 0.1) is 5.92 Å². The summed E-state index contributed by atoms with van der Waals surface area (Å²) < 4.78 is 2.41. The van der Waals surface area contributed by atoms with Gasteiger partial charge in [0.1, 0.15) is 0 Å². The summed E-state index contributed by atoms with van der Waals surface area (Å²) in [5.74, 6) is 0.947. The topological polar surface area (TPSA) is 17.3 Å². The Bertz CT molecular complexity index is 1120. The van der Waals surface area contributed by atoms with Crippen LogP contribution >= 0.6 is 0 Å². The van der Waals surface area contributed by atoms with Gasteiger partial charge in [0.15, 0.2) is 0 Å². The maximum absolute atomic E-state index is 5.00. The van der Waals surface area contributed by atoms with E-state index in [1.165, 1.54) is 65.9 Å². The molecule has 0 aliphatic heterocycles. The first-order chi connectivity index (χ1) is 14.9. The molecule has 1 aliphatic carbocycles. The van der Waals surface area contributed by atoms with Gasteiger partial charge in [0.2, 0.25) is 0 Å². The highest BCUT2D eigenvalue weighted by Crippen LogP contribution is 2.32. The summed E-state index contributed by atoms with van der Waals surface area (Å²) in [6.07, 6.45) is 10.6. The van der Waals surface area contributed by atoms with E-state index in [0.717, 1.165) is 18.2 Å². The molecule has 0 saturated heterocycles. The van der Waals surface area contributed by atoms with Crippen LogP contribution in [-0.2, 0) is 6.54 Å². The molecule has 0 amide bonds. The molecule has 0 atom stereocenters. The van der Waals surface area contributed by atoms with Crippen LogP contribution in [0.15, 0.2) is 58.9 Å². The molecule has 164 valence electrons. The molecule has 2 nitrogen and oxygen atoms in total. The molecular formula is C28H38N2Si. The van der Waals surface area contributed by atoms with E-state index in [1.54, 1.807) is 5.20 Å². The van der Waals surface area contributed by atoms with Crippen LogP contribution in [0.2, 0.25) is 19.6 Å². The van der Waals surface area contributed by atoms with Crippen molar-refractivity contribution in [1.82, 2.24) is 4.57 Å². The van der Waals surface area contributed by atoms with Gasteiger partial charge >= 0.3 is 0 Å². The third kappa shape index (κ3) is 4.72. The number of rotatable bonds is 7. The highest BCUT2D eigenvalue weighted by atomic mass is 28.3. The number of allylic oxidation sites excluding steroid dienone is 1. The summed E-state index contributed by atoms with van der Waals surface area (Å²) in [5, 5.41) is 4.28. The standard InChI is InChI=1S/C28H38N2Si/c1-6-30-27-14-10-9-13-25(27)26-19-23(16-18-28(26)30)21(2)29-20-24(31(3,4)5)17-15-22-11-7-8-12-22/h9-10,13-14,16,18-20,22H,6-8,11-12,15,17H2,1-5H3/b24-20+,29-21?. The molecule has 0 unspecified atom stereocenters. The molecule has 1 fully saturated rings. The molecule has 0 N–H and O–H groups in total. The largest absolute Gasteiger partial charge is 0.341 e. The van der Waals surface area contributed by atoms with Crippen LogP contribution in [0.3, 0.4) is 0 Å². The third-order valence-electron chi connectivity index (χ3n) is 7.18. The van der Waals surface area contributed by atoms with Crippen molar-refractivity contribution in [1.29, 1.82) is 0 Å². The quantitative estimate of drug-likeness (QED) is 0.265. The lowest BCUT2D eigenvalue weighted by Gasteiger charge is -2.22. The molecule has 4 rings (SSSR count). The summed E-state index contributed by atoms with van der Waals surface area (Å²) in [4.78, 5) is 5.00. The Kier molecular flexibility index (Phi) is 6.52. The zero-order chi connectivity index (χ0) is 22.0. The first-order valence-electron chi connectivity index (χ1n) is 12.1. The van der Waals surface area contributed by atoms with Crippen molar-refractivity contribution in [2.24, 2.45) is 10.9 Å². The monoisotopic (exact) mass is 430 g/mol. The van der Waals surface area contributed by atoms with E-state index < -0.39 is 8.07 Å². The van der Waals surface area contributed by atoms with Gasteiger partial charge in [-0.2, -0.15) is 0 Å². The molecule has 1 aromatic heterocycles. The van der Waals surface area contributed by atoms with Crippen molar-refractivity contribution >= 4 is 35.6 Å². The van der Waals surface area contributed by atoms with Crippen molar-refractivity contribution in [3.8, 4) is 0 Å². The average Bonchev–Trinajstić information content (AvgIpc) is 3.37. The minimum atomic E-state index is -1.36. The summed E-state index contributed by atoms with van der Waals surface area (Å²) in [6, 6.07) is 15.6. The molecule has 1 aliphatic rings. The smallest absolute Gasteiger partial charge is 0.0744 e. The Hall–Kier alpha value is -2.13. The van der Waals surface area contributed by atoms with Gasteiger partial charge in [-0.3, -0.25) is 4.99 Å². The van der Waals surface area contributed by atoms with Gasteiger partial charge < -0.3 is 4.57 Å². The van der Waals surface area contributed by atoms with Crippen LogP contribution in [0.1, 0.15) is 57.9 Å². The molecule has 1 heterocycles. The molecule has 0 radical (unpaired) electrons. The molecule has 31 heavy (non-hydrogen) atoms. The zero-order valence-electron chi connectivity index (χ0n) is 20.0. The van der Waals surface area contributed by atoms with Gasteiger partial charge in [-0.25, -0.2) is 0 Å². The van der Waals surface area contributed by atoms with E-state index in [4.69, 9.17) is 4.99 Å². The molecule has 1 saturated carbocycles. The Labute approximate surface area is 189 Å². The maximum Gasteiger partial charge on any atom is 0.0744 e. The summed E-state index contributed by atoms with van der Waals surface area (Å²) in [5.41, 5.74) is 4.98. The van der Waals surface area contributed by atoms with Gasteiger partial charge in [0.05, 0.1) is 8.07 Å². The second kappa shape index (κ2) is 9.16. The van der Waals surface area contributed by atoms with E-state index >= 15 is 0 Å². The molecular weight excluding hydrogens is 392 g/mol. The van der Waals surface area contributed by atoms with E-state index in [1.807, 2.05) is 0 Å². The fourth-order valence-corrected chi connectivity index (χ4v) is 6.51. The van der Waals surface area contributed by atoms with Gasteiger partial charge in [-0.15, -0.1) is 0 Å². The Morgan fingerprint density at radius 3 is 2.45 bits per heavy atom. The van der Waals surface area contributed by atoms with Crippen LogP contribution in [0.4, 0.5) is 0 Å². The first kappa shape index (κ1) is 22.1. The molecule has 2 aromatic carbocycles. The number of aromatic nitrogens is 1. The Balaban J connectivity index is 1.65. The van der Waals surface area contributed by atoms with Crippen molar-refractivity contribution in [2.75, 3.05) is 0 Å². The highest BCUT2D eigenvalue weighted by Gasteiger charge is 2.22. The third-order valence-corrected chi connectivity index (χ3v) is 9.49. The lowest BCUT2D eigenvalue weighted by atomic mass is 10.0. The molecule has 0 spiro atoms. The fraction of sp³-hybridized carbons (Fsp3) is 0.464. The van der Waals surface area contributed by atoms with Crippen molar-refractivity contribution in [2.45, 2.75) is 78.6 Å². The summed E-state index contributed by atoms with van der Waals surface area (Å²) >= 11 is 0. The second-order valence-electron chi connectivity index (χ2n) is 10.3. The number of nitrogens with zero attached hydrogens (tertiary/aromatic N) is 2. The van der Waals surface area contributed by atoms with Gasteiger partial charge in [-0.1, -0.05) is 74.8 Å². The van der Waals surface area contributed by atoms with E-state index in [9.17, 15) is 0 Å². The van der Waals surface area contributed by atoms with Gasteiger partial charge in [0.25, 0.3) is 0 Å². The number of aryl methyl sites for hydroxylation is 1. The van der Waals surface area contributed by atoms with Crippen LogP contribution in [0.25, 0.3) is 21.8 Å². The van der Waals surface area contributed by atoms with E-state index in [0.29, 0.717) is 0 Å². The second-order valence-corrected chi connectivity index (χ2v) is 15.4. The molecule has 0 bridgehead atoms. The van der Waals surface area contributed by atoms with Crippen LogP contribution < -0.4 is 0 Å². The van der Waals surface area contributed by atoms with E-state index in [2.05, 4.69) is 86.7 Å². The van der Waals surface area contributed by atoms with Crippen molar-refractivity contribution in [3.05, 3.63) is 59.4 Å². The minimum absolute atomic E-state index is 0.947. The minimum Gasteiger partial charge on any atom is -0.341 e. The zero-order valence-corrected chi connectivity index (χ0v) is 21.0. The number of hydrogen-bond donors (Lipinski definition) is 0. The summed E-state index contributed by atoms with van der Waals surface area (Å²) in [6.45, 7) is 12.8. The normalized spacial score (nSPS) is 16.7. The SMILES string of the molecule is CCn1c2ccccc2c2cc(C(C)=N/C=C(\CCC3CCCC3)[Si](C)(C)C)ccc21. The highest BCUT2D eigenvalue weighted by molar-refractivity contribution is 6.83. The molecule has 3 aromatic rings. The average molecular weight is 431 g/mol. The maximum atomic E-state index is 5.00. The Morgan fingerprint density at radius 2 is 1.74 bits per heavy atom. The number of para-hydroxylation sites is 1. The fourth-order valence-electron chi connectivity index (χ4n) is 5.16. The number of aliphatic imine (C=N–C) groups is 1. The Morgan fingerprint density at radius 1 is 1.03 bits per heavy atom. The van der Waals surface area contributed by atoms with Gasteiger partial charge in [0, 0.05) is 40.3 Å². The van der Waals surface area contributed by atoms with Crippen LogP contribution in [0.5, 0.6) is 0 Å². The number of hydrogen-bond acceptors (Lipinski definition) is 1. The lowest BCUT2D eigenvalue weighted by molar-refractivity contribution is 0.506. The summed E-state index contributed by atoms with van der Waals surface area (Å²) in [7, 11) is -1.36. The molecule has 3 heteroatoms. The van der Waals surface area contributed by atoms with Crippen molar-refractivity contribution in [3.63, 3.8) is 0 Å². The predicted octanol–water partition coefficient (Wildman–Crippen LogP) is 8.36.